The molecule has 12 heteroatoms. The van der Waals surface area contributed by atoms with E-state index in [1.54, 1.807) is 18.5 Å². The number of amidine groups is 1. The summed E-state index contributed by atoms with van der Waals surface area (Å²) in [4.78, 5) is 23.9. The number of ether oxygens (including phenoxy) is 1. The molecule has 3 atom stereocenters. The maximum atomic E-state index is 13.7. The van der Waals surface area contributed by atoms with Gasteiger partial charge in [0.1, 0.15) is 11.9 Å². The third kappa shape index (κ3) is 4.41. The van der Waals surface area contributed by atoms with Crippen LogP contribution in [0.2, 0.25) is 5.02 Å². The number of halogens is 2. The fourth-order valence-corrected chi connectivity index (χ4v) is 5.09. The highest BCUT2D eigenvalue weighted by molar-refractivity contribution is 7.77. The van der Waals surface area contributed by atoms with Crippen molar-refractivity contribution in [1.82, 2.24) is 14.6 Å². The second kappa shape index (κ2) is 9.13. The number of thiazole rings is 1. The first kappa shape index (κ1) is 22.0. The number of aliphatic imine (C=N–C) groups is 1. The maximum absolute atomic E-state index is 13.7. The first-order valence-corrected chi connectivity index (χ1v) is 11.7. The standard InChI is InChI=1S/C19H18ClFN4O4S2/c1-2-29-19(26)15-14-8-11(24-31(27)28)9-25(14)17(18-22-5-6-30-18)23-16(15)12-4-3-10(21)7-13(12)20/h3-7,11,16,24H,2,8-9H2,1H3,(H,27,28). The molecule has 2 aromatic rings. The van der Waals surface area contributed by atoms with Crippen LogP contribution in [0, 0.1) is 5.82 Å². The van der Waals surface area contributed by atoms with E-state index in [4.69, 9.17) is 21.3 Å². The molecule has 2 N–H and O–H groups in total. The quantitative estimate of drug-likeness (QED) is 0.482. The van der Waals surface area contributed by atoms with Gasteiger partial charge in [0.05, 0.1) is 12.2 Å². The number of esters is 1. The lowest BCUT2D eigenvalue weighted by Gasteiger charge is -2.31. The van der Waals surface area contributed by atoms with Gasteiger partial charge in [0.25, 0.3) is 0 Å². The van der Waals surface area contributed by atoms with Gasteiger partial charge in [-0.3, -0.25) is 9.55 Å². The summed E-state index contributed by atoms with van der Waals surface area (Å²) >= 11 is 5.47. The zero-order valence-corrected chi connectivity index (χ0v) is 18.6. The van der Waals surface area contributed by atoms with Gasteiger partial charge < -0.3 is 9.64 Å². The summed E-state index contributed by atoms with van der Waals surface area (Å²) in [5.41, 5.74) is 1.32. The molecule has 31 heavy (non-hydrogen) atoms. The van der Waals surface area contributed by atoms with E-state index in [0.717, 1.165) is 0 Å². The van der Waals surface area contributed by atoms with Gasteiger partial charge in [-0.15, -0.1) is 11.3 Å². The maximum Gasteiger partial charge on any atom is 0.338 e. The number of benzene rings is 1. The molecule has 8 nitrogen and oxygen atoms in total. The highest BCUT2D eigenvalue weighted by atomic mass is 35.5. The van der Waals surface area contributed by atoms with E-state index in [1.807, 2.05) is 4.90 Å². The summed E-state index contributed by atoms with van der Waals surface area (Å²) in [6.07, 6.45) is 1.93. The Bertz CT molecular complexity index is 1090. The molecular formula is C19H18ClFN4O4S2. The van der Waals surface area contributed by atoms with Crippen molar-refractivity contribution in [1.29, 1.82) is 0 Å². The largest absolute Gasteiger partial charge is 0.463 e. The lowest BCUT2D eigenvalue weighted by molar-refractivity contribution is -0.139. The van der Waals surface area contributed by atoms with Gasteiger partial charge >= 0.3 is 5.97 Å². The molecule has 0 spiro atoms. The van der Waals surface area contributed by atoms with Gasteiger partial charge in [-0.1, -0.05) is 17.7 Å². The van der Waals surface area contributed by atoms with Crippen LogP contribution < -0.4 is 4.72 Å². The minimum atomic E-state index is -2.22. The van der Waals surface area contributed by atoms with E-state index in [-0.39, 0.29) is 17.2 Å². The van der Waals surface area contributed by atoms with Crippen LogP contribution in [0.25, 0.3) is 0 Å². The lowest BCUT2D eigenvalue weighted by atomic mass is 9.94. The second-order valence-electron chi connectivity index (χ2n) is 6.82. The van der Waals surface area contributed by atoms with Crippen molar-refractivity contribution in [3.05, 3.63) is 62.5 Å². The average Bonchev–Trinajstić information content (AvgIpc) is 3.36. The first-order chi connectivity index (χ1) is 14.9. The van der Waals surface area contributed by atoms with Crippen molar-refractivity contribution in [3.63, 3.8) is 0 Å². The summed E-state index contributed by atoms with van der Waals surface area (Å²) in [5.74, 6) is -0.562. The average molecular weight is 485 g/mol. The molecule has 3 heterocycles. The van der Waals surface area contributed by atoms with E-state index >= 15 is 0 Å². The van der Waals surface area contributed by atoms with Crippen LogP contribution in [0.4, 0.5) is 4.39 Å². The monoisotopic (exact) mass is 484 g/mol. The molecule has 0 saturated carbocycles. The van der Waals surface area contributed by atoms with Crippen LogP contribution in [0.15, 0.2) is 46.0 Å². The Kier molecular flexibility index (Phi) is 6.49. The summed E-state index contributed by atoms with van der Waals surface area (Å²) in [6.45, 7) is 2.17. The number of nitrogens with zero attached hydrogens (tertiary/aromatic N) is 3. The van der Waals surface area contributed by atoms with Gasteiger partial charge in [0.2, 0.25) is 11.3 Å². The number of hydrogen-bond acceptors (Lipinski definition) is 7. The van der Waals surface area contributed by atoms with Crippen molar-refractivity contribution in [3.8, 4) is 0 Å². The van der Waals surface area contributed by atoms with Crippen molar-refractivity contribution in [2.75, 3.05) is 13.2 Å². The van der Waals surface area contributed by atoms with E-state index in [9.17, 15) is 17.9 Å². The SMILES string of the molecule is CCOC(=O)C1=C2CC(NS(=O)O)CN2C(c2nccs2)=NC1c1ccc(F)cc1Cl. The van der Waals surface area contributed by atoms with Crippen molar-refractivity contribution < 1.29 is 22.7 Å². The smallest absolute Gasteiger partial charge is 0.338 e. The van der Waals surface area contributed by atoms with E-state index in [1.165, 1.54) is 29.5 Å². The van der Waals surface area contributed by atoms with Gasteiger partial charge in [-0.25, -0.2) is 23.1 Å². The third-order valence-electron chi connectivity index (χ3n) is 4.90. The summed E-state index contributed by atoms with van der Waals surface area (Å²) in [7, 11) is 0. The minimum absolute atomic E-state index is 0.132. The molecular weight excluding hydrogens is 467 g/mol. The molecule has 164 valence electrons. The van der Waals surface area contributed by atoms with Gasteiger partial charge in [-0.2, -0.15) is 0 Å². The molecule has 1 aromatic carbocycles. The van der Waals surface area contributed by atoms with Crippen LogP contribution in [0.1, 0.15) is 30.0 Å². The fraction of sp³-hybridized carbons (Fsp3) is 0.316. The Balaban J connectivity index is 1.89. The van der Waals surface area contributed by atoms with Gasteiger partial charge in [0, 0.05) is 46.9 Å². The number of nitrogens with one attached hydrogen (secondary N) is 1. The van der Waals surface area contributed by atoms with Crippen molar-refractivity contribution >= 4 is 46.0 Å². The van der Waals surface area contributed by atoms with Crippen LogP contribution >= 0.6 is 22.9 Å². The van der Waals surface area contributed by atoms with E-state index < -0.39 is 35.1 Å². The molecule has 1 aromatic heterocycles. The molecule has 3 unspecified atom stereocenters. The molecule has 2 aliphatic heterocycles. The Morgan fingerprint density at radius 2 is 2.32 bits per heavy atom. The Morgan fingerprint density at radius 3 is 2.97 bits per heavy atom. The van der Waals surface area contributed by atoms with Gasteiger partial charge in [0.15, 0.2) is 10.8 Å². The first-order valence-electron chi connectivity index (χ1n) is 9.36. The van der Waals surface area contributed by atoms with Crippen molar-refractivity contribution in [2.24, 2.45) is 4.99 Å². The highest BCUT2D eigenvalue weighted by Gasteiger charge is 2.42. The molecule has 4 rings (SSSR count). The number of hydrogen-bond donors (Lipinski definition) is 2. The number of carbonyl (C=O) groups excluding carboxylic acids is 1. The van der Waals surface area contributed by atoms with E-state index in [2.05, 4.69) is 9.71 Å². The zero-order valence-electron chi connectivity index (χ0n) is 16.2. The molecule has 1 fully saturated rings. The van der Waals surface area contributed by atoms with Crippen LogP contribution in [0.3, 0.4) is 0 Å². The van der Waals surface area contributed by atoms with E-state index in [0.29, 0.717) is 35.1 Å². The Hall–Kier alpha value is -2.18. The van der Waals surface area contributed by atoms with Crippen molar-refractivity contribution in [2.45, 2.75) is 25.4 Å². The Labute approximate surface area is 189 Å². The van der Waals surface area contributed by atoms with Crippen LogP contribution in [0.5, 0.6) is 0 Å². The molecule has 0 bridgehead atoms. The Morgan fingerprint density at radius 1 is 1.52 bits per heavy atom. The molecule has 2 aliphatic rings. The summed E-state index contributed by atoms with van der Waals surface area (Å²) in [6, 6.07) is 2.68. The third-order valence-corrected chi connectivity index (χ3v) is 6.53. The lowest BCUT2D eigenvalue weighted by Crippen LogP contribution is -2.38. The normalized spacial score (nSPS) is 21.7. The number of fused-ring (bicyclic) bond motifs is 1. The van der Waals surface area contributed by atoms with Gasteiger partial charge in [-0.05, 0) is 19.1 Å². The summed E-state index contributed by atoms with van der Waals surface area (Å²) < 4.78 is 42.2. The topological polar surface area (TPSA) is 104 Å². The number of aromatic nitrogens is 1. The zero-order chi connectivity index (χ0) is 22.1. The van der Waals surface area contributed by atoms with Crippen LogP contribution in [-0.4, -0.2) is 49.6 Å². The predicted octanol–water partition coefficient (Wildman–Crippen LogP) is 3.05. The molecule has 0 aliphatic carbocycles. The molecule has 0 amide bonds. The second-order valence-corrected chi connectivity index (χ2v) is 8.85. The highest BCUT2D eigenvalue weighted by Crippen LogP contribution is 2.42. The number of rotatable bonds is 6. The molecule has 0 radical (unpaired) electrons. The van der Waals surface area contributed by atoms with Crippen LogP contribution in [-0.2, 0) is 20.8 Å². The predicted molar refractivity (Wildman–Crippen MR) is 115 cm³/mol. The fourth-order valence-electron chi connectivity index (χ4n) is 3.74. The summed E-state index contributed by atoms with van der Waals surface area (Å²) in [5, 5.41) is 2.55. The molecule has 1 saturated heterocycles. The number of carbonyl (C=O) groups is 1. The minimum Gasteiger partial charge on any atom is -0.463 e.